The van der Waals surface area contributed by atoms with Crippen molar-refractivity contribution in [2.24, 2.45) is 23.7 Å². The summed E-state index contributed by atoms with van der Waals surface area (Å²) < 4.78 is 0.252. The van der Waals surface area contributed by atoms with Crippen molar-refractivity contribution in [3.63, 3.8) is 0 Å². The third-order valence-corrected chi connectivity index (χ3v) is 5.22. The molecule has 0 amide bonds. The number of halogens is 2. The smallest absolute Gasteiger partial charge is 0.0806 e. The molecule has 1 fully saturated rings. The van der Waals surface area contributed by atoms with Gasteiger partial charge in [0.1, 0.15) is 0 Å². The number of allylic oxidation sites excluding steroid dienone is 4. The van der Waals surface area contributed by atoms with Crippen molar-refractivity contribution in [3.05, 3.63) is 24.3 Å². The first-order valence-electron chi connectivity index (χ1n) is 3.96. The lowest BCUT2D eigenvalue weighted by Gasteiger charge is -2.22. The molecule has 58 valence electrons. The topological polar surface area (TPSA) is 0 Å². The molecule has 0 saturated heterocycles. The summed E-state index contributed by atoms with van der Waals surface area (Å²) in [6.07, 6.45) is 9.37. The fraction of sp³-hybridized carbons (Fsp3) is 0.556. The molecule has 4 aliphatic carbocycles. The predicted octanol–water partition coefficient (Wildman–Crippen LogP) is 3.09. The van der Waals surface area contributed by atoms with E-state index in [0.717, 1.165) is 11.8 Å². The maximum absolute atomic E-state index is 3.74. The van der Waals surface area contributed by atoms with Crippen LogP contribution >= 0.6 is 31.9 Å². The van der Waals surface area contributed by atoms with Gasteiger partial charge in [-0.1, -0.05) is 56.2 Å². The Balaban J connectivity index is 2.06. The zero-order valence-corrected chi connectivity index (χ0v) is 9.05. The van der Waals surface area contributed by atoms with Gasteiger partial charge in [0.25, 0.3) is 0 Å². The van der Waals surface area contributed by atoms with Crippen LogP contribution in [0.2, 0.25) is 0 Å². The molecule has 0 N–H and O–H groups in total. The van der Waals surface area contributed by atoms with E-state index in [1.807, 2.05) is 0 Å². The van der Waals surface area contributed by atoms with Crippen molar-refractivity contribution in [2.75, 3.05) is 0 Å². The van der Waals surface area contributed by atoms with E-state index in [2.05, 4.69) is 56.2 Å². The van der Waals surface area contributed by atoms with Crippen molar-refractivity contribution in [1.29, 1.82) is 0 Å². The van der Waals surface area contributed by atoms with E-state index in [1.165, 1.54) is 0 Å². The largest absolute Gasteiger partial charge is 0.0886 e. The van der Waals surface area contributed by atoms with Crippen molar-refractivity contribution >= 4 is 31.9 Å². The van der Waals surface area contributed by atoms with Gasteiger partial charge in [0.15, 0.2) is 0 Å². The van der Waals surface area contributed by atoms with E-state index in [4.69, 9.17) is 0 Å². The Hall–Kier alpha value is 0.440. The standard InChI is InChI=1S/C9H8Br2/c10-9(11)7-5-1-2-6(4-3-5)8(7)9/h1-8H. The summed E-state index contributed by atoms with van der Waals surface area (Å²) >= 11 is 7.47. The Morgan fingerprint density at radius 2 is 1.18 bits per heavy atom. The third kappa shape index (κ3) is 0.707. The SMILES string of the molecule is BrC1(Br)C2C3C=CC(C=C3)C21. The van der Waals surface area contributed by atoms with Gasteiger partial charge in [-0.3, -0.25) is 0 Å². The number of alkyl halides is 2. The summed E-state index contributed by atoms with van der Waals surface area (Å²) in [5.41, 5.74) is 0. The summed E-state index contributed by atoms with van der Waals surface area (Å²) in [7, 11) is 0. The highest BCUT2D eigenvalue weighted by Crippen LogP contribution is 2.71. The molecule has 4 rings (SSSR count). The second-order valence-corrected chi connectivity index (χ2v) is 7.34. The maximum Gasteiger partial charge on any atom is 0.0886 e. The van der Waals surface area contributed by atoms with Crippen molar-refractivity contribution in [3.8, 4) is 0 Å². The first-order valence-corrected chi connectivity index (χ1v) is 5.54. The van der Waals surface area contributed by atoms with Gasteiger partial charge in [-0.2, -0.15) is 0 Å². The van der Waals surface area contributed by atoms with Gasteiger partial charge in [0.05, 0.1) is 3.23 Å². The van der Waals surface area contributed by atoms with Gasteiger partial charge < -0.3 is 0 Å². The van der Waals surface area contributed by atoms with Crippen LogP contribution in [0.4, 0.5) is 0 Å². The van der Waals surface area contributed by atoms with Crippen LogP contribution in [0, 0.1) is 23.7 Å². The third-order valence-electron chi connectivity index (χ3n) is 3.11. The molecule has 2 unspecified atom stereocenters. The lowest BCUT2D eigenvalue weighted by atomic mass is 9.82. The van der Waals surface area contributed by atoms with Gasteiger partial charge >= 0.3 is 0 Å². The fourth-order valence-corrected chi connectivity index (χ4v) is 4.58. The van der Waals surface area contributed by atoms with Crippen LogP contribution in [0.1, 0.15) is 0 Å². The fourth-order valence-electron chi connectivity index (χ4n) is 2.49. The number of hydrogen-bond acceptors (Lipinski definition) is 0. The Bertz CT molecular complexity index is 227. The average molecular weight is 276 g/mol. The lowest BCUT2D eigenvalue weighted by Crippen LogP contribution is -2.14. The molecule has 2 bridgehead atoms. The van der Waals surface area contributed by atoms with E-state index in [1.54, 1.807) is 0 Å². The van der Waals surface area contributed by atoms with Crippen LogP contribution < -0.4 is 0 Å². The molecule has 2 heteroatoms. The molecular formula is C9H8Br2. The molecule has 1 saturated carbocycles. The normalized spacial score (nSPS) is 54.4. The van der Waals surface area contributed by atoms with Crippen LogP contribution in [0.25, 0.3) is 0 Å². The van der Waals surface area contributed by atoms with E-state index < -0.39 is 0 Å². The summed E-state index contributed by atoms with van der Waals surface area (Å²) in [4.78, 5) is 0. The minimum Gasteiger partial charge on any atom is -0.0806 e. The van der Waals surface area contributed by atoms with Gasteiger partial charge in [-0.05, 0) is 11.8 Å². The second kappa shape index (κ2) is 1.85. The van der Waals surface area contributed by atoms with Crippen molar-refractivity contribution < 1.29 is 0 Å². The van der Waals surface area contributed by atoms with Gasteiger partial charge in [0.2, 0.25) is 0 Å². The predicted molar refractivity (Wildman–Crippen MR) is 52.8 cm³/mol. The molecule has 0 radical (unpaired) electrons. The summed E-state index contributed by atoms with van der Waals surface area (Å²) in [5.74, 6) is 2.98. The molecule has 4 aliphatic rings. The van der Waals surface area contributed by atoms with Crippen LogP contribution in [0.3, 0.4) is 0 Å². The second-order valence-electron chi connectivity index (χ2n) is 3.65. The van der Waals surface area contributed by atoms with Gasteiger partial charge in [-0.15, -0.1) is 0 Å². The van der Waals surface area contributed by atoms with E-state index in [0.29, 0.717) is 11.8 Å². The van der Waals surface area contributed by atoms with E-state index in [-0.39, 0.29) is 3.23 Å². The van der Waals surface area contributed by atoms with Crippen LogP contribution in [0.15, 0.2) is 24.3 Å². The Labute approximate surface area is 83.0 Å². The number of rotatable bonds is 0. The van der Waals surface area contributed by atoms with E-state index >= 15 is 0 Å². The highest BCUT2D eigenvalue weighted by atomic mass is 79.9. The van der Waals surface area contributed by atoms with Crippen LogP contribution in [0.5, 0.6) is 0 Å². The van der Waals surface area contributed by atoms with Gasteiger partial charge in [-0.25, -0.2) is 0 Å². The van der Waals surface area contributed by atoms with Crippen LogP contribution in [-0.4, -0.2) is 3.23 Å². The minimum absolute atomic E-state index is 0.252. The first-order chi connectivity index (χ1) is 5.21. The molecule has 0 aromatic carbocycles. The molecule has 0 aliphatic heterocycles. The monoisotopic (exact) mass is 274 g/mol. The molecular weight excluding hydrogens is 268 g/mol. The zero-order valence-electron chi connectivity index (χ0n) is 5.87. The highest BCUT2D eigenvalue weighted by Gasteiger charge is 2.68. The quantitative estimate of drug-likeness (QED) is 0.471. The molecule has 0 aromatic rings. The Morgan fingerprint density at radius 1 is 0.818 bits per heavy atom. The molecule has 2 atom stereocenters. The number of hydrogen-bond donors (Lipinski definition) is 0. The molecule has 0 heterocycles. The van der Waals surface area contributed by atoms with Crippen molar-refractivity contribution in [1.82, 2.24) is 0 Å². The molecule has 0 nitrogen and oxygen atoms in total. The lowest BCUT2D eigenvalue weighted by molar-refractivity contribution is 0.499. The Morgan fingerprint density at radius 3 is 1.45 bits per heavy atom. The maximum atomic E-state index is 3.74. The summed E-state index contributed by atoms with van der Waals surface area (Å²) in [6.45, 7) is 0. The molecule has 0 spiro atoms. The highest BCUT2D eigenvalue weighted by molar-refractivity contribution is 9.25. The van der Waals surface area contributed by atoms with Crippen LogP contribution in [-0.2, 0) is 0 Å². The summed E-state index contributed by atoms with van der Waals surface area (Å²) in [6, 6.07) is 0. The van der Waals surface area contributed by atoms with Gasteiger partial charge in [0, 0.05) is 11.8 Å². The Kier molecular flexibility index (Phi) is 1.16. The van der Waals surface area contributed by atoms with E-state index in [9.17, 15) is 0 Å². The molecule has 11 heavy (non-hydrogen) atoms. The summed E-state index contributed by atoms with van der Waals surface area (Å²) in [5, 5.41) is 0. The minimum atomic E-state index is 0.252. The first kappa shape index (κ1) is 6.90. The average Bonchev–Trinajstić information content (AvgIpc) is 2.61. The zero-order chi connectivity index (χ0) is 7.64. The van der Waals surface area contributed by atoms with Crippen molar-refractivity contribution in [2.45, 2.75) is 3.23 Å². The molecule has 0 aromatic heterocycles.